The van der Waals surface area contributed by atoms with E-state index in [1.165, 1.54) is 44.9 Å². The van der Waals surface area contributed by atoms with Crippen molar-refractivity contribution in [1.82, 2.24) is 0 Å². The van der Waals surface area contributed by atoms with Crippen LogP contribution in [0, 0.1) is 0 Å². The Labute approximate surface area is 163 Å². The molecule has 0 rings (SSSR count). The van der Waals surface area contributed by atoms with Crippen LogP contribution in [0.1, 0.15) is 91.9 Å². The summed E-state index contributed by atoms with van der Waals surface area (Å²) in [7, 11) is -3.98. The number of aliphatic hydroxyl groups excluding tert-OH is 1. The molecule has 0 fully saturated rings. The zero-order valence-electron chi connectivity index (χ0n) is 17.8. The van der Waals surface area contributed by atoms with Crippen molar-refractivity contribution in [3.63, 3.8) is 0 Å². The van der Waals surface area contributed by atoms with E-state index in [9.17, 15) is 13.0 Å². The van der Waals surface area contributed by atoms with Crippen LogP contribution >= 0.6 is 0 Å². The summed E-state index contributed by atoms with van der Waals surface area (Å²) in [6.45, 7) is 13.4. The molecule has 0 saturated carbocycles. The summed E-state index contributed by atoms with van der Waals surface area (Å²) in [4.78, 5) is 0. The molecule has 0 aliphatic heterocycles. The Morgan fingerprint density at radius 3 is 1.38 bits per heavy atom. The van der Waals surface area contributed by atoms with Gasteiger partial charge in [0.2, 0.25) is 0 Å². The molecule has 0 unspecified atom stereocenters. The summed E-state index contributed by atoms with van der Waals surface area (Å²) < 4.78 is 32.0. The largest absolute Gasteiger partial charge is 0.748 e. The molecule has 0 aliphatic carbocycles. The van der Waals surface area contributed by atoms with Gasteiger partial charge in [0.1, 0.15) is 6.54 Å². The fourth-order valence-corrected chi connectivity index (χ4v) is 3.68. The average molecular weight is 396 g/mol. The van der Waals surface area contributed by atoms with E-state index >= 15 is 0 Å². The standard InChI is InChI=1S/C12H26O3S.C8H20NO/c1-2-3-4-5-6-7-8-9-10-11-12-16(13,14)15;1-4-9(5-2,6-3)7-8-10/h2-12H2,1H3,(H,13,14,15);10H,4-8H2,1-3H3/q;+1/p-1. The molecule has 5 nitrogen and oxygen atoms in total. The number of aliphatic hydroxyl groups is 1. The number of hydrogen-bond acceptors (Lipinski definition) is 4. The lowest BCUT2D eigenvalue weighted by Crippen LogP contribution is -2.49. The van der Waals surface area contributed by atoms with Crippen LogP contribution in [0.25, 0.3) is 0 Å². The quantitative estimate of drug-likeness (QED) is 0.240. The maximum Gasteiger partial charge on any atom is 0.102 e. The van der Waals surface area contributed by atoms with Gasteiger partial charge in [-0.2, -0.15) is 0 Å². The summed E-state index contributed by atoms with van der Waals surface area (Å²) in [5.41, 5.74) is 0. The van der Waals surface area contributed by atoms with Crippen molar-refractivity contribution in [3.8, 4) is 0 Å². The second kappa shape index (κ2) is 18.2. The molecular formula is C20H45NO4S. The Morgan fingerprint density at radius 1 is 0.731 bits per heavy atom. The lowest BCUT2D eigenvalue weighted by atomic mass is 10.1. The first-order chi connectivity index (χ1) is 12.3. The third-order valence-corrected chi connectivity index (χ3v) is 6.12. The van der Waals surface area contributed by atoms with Crippen molar-refractivity contribution in [2.75, 3.05) is 38.5 Å². The second-order valence-electron chi connectivity index (χ2n) is 7.18. The van der Waals surface area contributed by atoms with Crippen LogP contribution in [-0.2, 0) is 10.1 Å². The highest BCUT2D eigenvalue weighted by atomic mass is 32.2. The van der Waals surface area contributed by atoms with Crippen molar-refractivity contribution >= 4 is 10.1 Å². The highest BCUT2D eigenvalue weighted by Gasteiger charge is 2.18. The van der Waals surface area contributed by atoms with Crippen molar-refractivity contribution < 1.29 is 22.6 Å². The van der Waals surface area contributed by atoms with E-state index in [2.05, 4.69) is 27.7 Å². The van der Waals surface area contributed by atoms with Crippen LogP contribution in [0.2, 0.25) is 0 Å². The number of likely N-dealkylation sites (N-methyl/N-ethyl adjacent to an activating group) is 1. The normalized spacial score (nSPS) is 11.9. The van der Waals surface area contributed by atoms with Crippen LogP contribution in [0.5, 0.6) is 0 Å². The Balaban J connectivity index is 0. The van der Waals surface area contributed by atoms with Crippen LogP contribution in [0.4, 0.5) is 0 Å². The molecule has 0 saturated heterocycles. The SMILES string of the molecule is CCCCCCCCCCCCS(=O)(=O)[O-].CC[N+](CC)(CC)CCO. The molecular weight excluding hydrogens is 350 g/mol. The molecule has 0 heterocycles. The Bertz CT molecular complexity index is 373. The van der Waals surface area contributed by atoms with Gasteiger partial charge in [-0.05, 0) is 27.2 Å². The third kappa shape index (κ3) is 18.6. The van der Waals surface area contributed by atoms with E-state index in [4.69, 9.17) is 5.11 Å². The smallest absolute Gasteiger partial charge is 0.102 e. The molecule has 0 atom stereocenters. The number of rotatable bonds is 16. The van der Waals surface area contributed by atoms with Gasteiger partial charge in [-0.1, -0.05) is 64.7 Å². The van der Waals surface area contributed by atoms with Gasteiger partial charge in [0.05, 0.1) is 36.4 Å². The lowest BCUT2D eigenvalue weighted by molar-refractivity contribution is -0.923. The highest BCUT2D eigenvalue weighted by molar-refractivity contribution is 7.85. The Hall–Kier alpha value is -0.170. The Kier molecular flexibility index (Phi) is 19.6. The van der Waals surface area contributed by atoms with Gasteiger partial charge in [-0.25, -0.2) is 8.42 Å². The number of hydrogen-bond donors (Lipinski definition) is 1. The summed E-state index contributed by atoms with van der Waals surface area (Å²) >= 11 is 0. The fraction of sp³-hybridized carbons (Fsp3) is 1.00. The molecule has 0 radical (unpaired) electrons. The molecule has 0 bridgehead atoms. The topological polar surface area (TPSA) is 77.4 Å². The van der Waals surface area contributed by atoms with E-state index in [1.807, 2.05) is 0 Å². The van der Waals surface area contributed by atoms with Gasteiger partial charge in [-0.3, -0.25) is 0 Å². The first kappa shape index (κ1) is 28.0. The molecule has 0 aromatic rings. The molecule has 0 aromatic carbocycles. The van der Waals surface area contributed by atoms with Crippen LogP contribution in [0.15, 0.2) is 0 Å². The number of nitrogens with zero attached hydrogens (tertiary/aromatic N) is 1. The van der Waals surface area contributed by atoms with Gasteiger partial charge in [-0.15, -0.1) is 0 Å². The summed E-state index contributed by atoms with van der Waals surface area (Å²) in [6.07, 6.45) is 11.4. The minimum absolute atomic E-state index is 0.191. The molecule has 1 N–H and O–H groups in total. The van der Waals surface area contributed by atoms with Crippen LogP contribution in [0.3, 0.4) is 0 Å². The van der Waals surface area contributed by atoms with Crippen LogP contribution in [-0.4, -0.2) is 61.1 Å². The average Bonchev–Trinajstić information content (AvgIpc) is 2.61. The van der Waals surface area contributed by atoms with Crippen molar-refractivity contribution in [2.45, 2.75) is 91.9 Å². The predicted molar refractivity (Wildman–Crippen MR) is 110 cm³/mol. The monoisotopic (exact) mass is 395 g/mol. The van der Waals surface area contributed by atoms with Crippen molar-refractivity contribution in [2.24, 2.45) is 0 Å². The fourth-order valence-electron chi connectivity index (χ4n) is 3.12. The highest BCUT2D eigenvalue weighted by Crippen LogP contribution is 2.10. The van der Waals surface area contributed by atoms with E-state index < -0.39 is 10.1 Å². The molecule has 0 aromatic heterocycles. The molecule has 6 heteroatoms. The van der Waals surface area contributed by atoms with Crippen molar-refractivity contribution in [3.05, 3.63) is 0 Å². The molecule has 160 valence electrons. The third-order valence-electron chi connectivity index (χ3n) is 5.33. The van der Waals surface area contributed by atoms with Crippen molar-refractivity contribution in [1.29, 1.82) is 0 Å². The van der Waals surface area contributed by atoms with Gasteiger partial charge < -0.3 is 14.1 Å². The number of quaternary nitrogens is 1. The minimum Gasteiger partial charge on any atom is -0.748 e. The van der Waals surface area contributed by atoms with Crippen LogP contribution < -0.4 is 0 Å². The van der Waals surface area contributed by atoms with Gasteiger partial charge in [0.15, 0.2) is 0 Å². The maximum absolute atomic E-state index is 10.3. The van der Waals surface area contributed by atoms with E-state index in [1.54, 1.807) is 0 Å². The zero-order chi connectivity index (χ0) is 20.3. The molecule has 0 spiro atoms. The first-order valence-electron chi connectivity index (χ1n) is 10.7. The molecule has 0 aliphatic rings. The summed E-state index contributed by atoms with van der Waals surface area (Å²) in [5.74, 6) is -0.191. The minimum atomic E-state index is -3.98. The van der Waals surface area contributed by atoms with Gasteiger partial charge in [0.25, 0.3) is 0 Å². The van der Waals surface area contributed by atoms with E-state index in [0.29, 0.717) is 13.0 Å². The lowest BCUT2D eigenvalue weighted by Gasteiger charge is -2.34. The van der Waals surface area contributed by atoms with Gasteiger partial charge >= 0.3 is 0 Å². The molecule has 0 amide bonds. The summed E-state index contributed by atoms with van der Waals surface area (Å²) in [5, 5.41) is 8.78. The van der Waals surface area contributed by atoms with E-state index in [0.717, 1.165) is 43.5 Å². The van der Waals surface area contributed by atoms with Gasteiger partial charge in [0, 0.05) is 5.75 Å². The second-order valence-corrected chi connectivity index (χ2v) is 8.70. The first-order valence-corrected chi connectivity index (χ1v) is 12.3. The number of unbranched alkanes of at least 4 members (excludes halogenated alkanes) is 9. The van der Waals surface area contributed by atoms with E-state index in [-0.39, 0.29) is 5.75 Å². The predicted octanol–water partition coefficient (Wildman–Crippen LogP) is 4.31. The molecule has 26 heavy (non-hydrogen) atoms. The summed E-state index contributed by atoms with van der Waals surface area (Å²) in [6, 6.07) is 0. The Morgan fingerprint density at radius 2 is 1.12 bits per heavy atom. The maximum atomic E-state index is 10.3. The zero-order valence-corrected chi connectivity index (χ0v) is 18.7.